The van der Waals surface area contributed by atoms with Gasteiger partial charge in [-0.25, -0.2) is 4.79 Å². The number of nitrogens with one attached hydrogen (secondary N) is 1. The predicted octanol–water partition coefficient (Wildman–Crippen LogP) is 5.10. The molecule has 164 valence electrons. The van der Waals surface area contributed by atoms with Gasteiger partial charge in [0.2, 0.25) is 0 Å². The summed E-state index contributed by atoms with van der Waals surface area (Å²) in [5.41, 5.74) is 7.02. The van der Waals surface area contributed by atoms with Gasteiger partial charge >= 0.3 is 12.1 Å². The number of fused-ring (bicyclic) bond motifs is 6. The number of carboxylic acids is 1. The largest absolute Gasteiger partial charge is 0.481 e. The molecule has 6 nitrogen and oxygen atoms in total. The Morgan fingerprint density at radius 2 is 1.58 bits per heavy atom. The molecule has 0 saturated heterocycles. The minimum Gasteiger partial charge on any atom is -0.481 e. The van der Waals surface area contributed by atoms with Crippen LogP contribution >= 0.6 is 0 Å². The molecule has 0 fully saturated rings. The molecule has 1 atom stereocenters. The lowest BCUT2D eigenvalue weighted by Gasteiger charge is -2.30. The molecule has 0 unspecified atom stereocenters. The topological polar surface area (TPSA) is 82.6 Å². The Balaban J connectivity index is 1.25. The Morgan fingerprint density at radius 3 is 2.27 bits per heavy atom. The van der Waals surface area contributed by atoms with Crippen molar-refractivity contribution in [3.63, 3.8) is 0 Å². The van der Waals surface area contributed by atoms with E-state index in [0.29, 0.717) is 6.54 Å². The molecule has 6 heteroatoms. The van der Waals surface area contributed by atoms with Gasteiger partial charge < -0.3 is 19.7 Å². The molecule has 0 saturated carbocycles. The second kappa shape index (κ2) is 7.52. The maximum absolute atomic E-state index is 13.1. The lowest BCUT2D eigenvalue weighted by Crippen LogP contribution is -2.41. The Labute approximate surface area is 190 Å². The third-order valence-corrected chi connectivity index (χ3v) is 6.82. The van der Waals surface area contributed by atoms with Crippen molar-refractivity contribution < 1.29 is 19.4 Å². The van der Waals surface area contributed by atoms with Crippen LogP contribution in [0, 0.1) is 0 Å². The van der Waals surface area contributed by atoms with Crippen molar-refractivity contribution in [1.82, 2.24) is 9.88 Å². The number of aromatic nitrogens is 1. The zero-order valence-corrected chi connectivity index (χ0v) is 17.8. The van der Waals surface area contributed by atoms with Crippen LogP contribution in [0.4, 0.5) is 4.79 Å². The highest BCUT2D eigenvalue weighted by molar-refractivity contribution is 5.92. The average molecular weight is 438 g/mol. The summed E-state index contributed by atoms with van der Waals surface area (Å²) in [6, 6.07) is 24.0. The fourth-order valence-electron chi connectivity index (χ4n) is 5.34. The van der Waals surface area contributed by atoms with Crippen molar-refractivity contribution >= 4 is 23.0 Å². The highest BCUT2D eigenvalue weighted by Crippen LogP contribution is 2.44. The Hall–Kier alpha value is -4.06. The van der Waals surface area contributed by atoms with Crippen LogP contribution in [0.2, 0.25) is 0 Å². The van der Waals surface area contributed by atoms with E-state index in [1.807, 2.05) is 48.5 Å². The number of carbonyl (C=O) groups is 2. The molecule has 33 heavy (non-hydrogen) atoms. The summed E-state index contributed by atoms with van der Waals surface area (Å²) in [4.78, 5) is 29.9. The molecule has 6 rings (SSSR count). The summed E-state index contributed by atoms with van der Waals surface area (Å²) in [7, 11) is 0. The quantitative estimate of drug-likeness (QED) is 0.466. The number of carbonyl (C=O) groups excluding carboxylic acids is 1. The van der Waals surface area contributed by atoms with Gasteiger partial charge in [0, 0.05) is 29.1 Å². The van der Waals surface area contributed by atoms with Gasteiger partial charge in [0.25, 0.3) is 0 Å². The summed E-state index contributed by atoms with van der Waals surface area (Å²) in [5, 5.41) is 10.8. The number of H-pyrrole nitrogens is 1. The molecule has 0 bridgehead atoms. The smallest absolute Gasteiger partial charge is 0.410 e. The fraction of sp³-hybridized carbons (Fsp3) is 0.185. The highest BCUT2D eigenvalue weighted by atomic mass is 16.6. The number of hydrogen-bond acceptors (Lipinski definition) is 3. The first-order chi connectivity index (χ1) is 16.1. The van der Waals surface area contributed by atoms with Crippen LogP contribution in [0.25, 0.3) is 22.0 Å². The lowest BCUT2D eigenvalue weighted by molar-refractivity contribution is -0.139. The number of hydrogen-bond donors (Lipinski definition) is 2. The number of rotatable bonds is 3. The second-order valence-corrected chi connectivity index (χ2v) is 8.64. The Morgan fingerprint density at radius 1 is 0.939 bits per heavy atom. The van der Waals surface area contributed by atoms with E-state index in [4.69, 9.17) is 4.74 Å². The summed E-state index contributed by atoms with van der Waals surface area (Å²) >= 11 is 0. The number of aliphatic carboxylic acids is 1. The maximum Gasteiger partial charge on any atom is 0.410 e. The second-order valence-electron chi connectivity index (χ2n) is 8.64. The number of carboxylic acid groups (broad SMARTS) is 1. The van der Waals surface area contributed by atoms with Gasteiger partial charge in [-0.3, -0.25) is 4.79 Å². The molecule has 2 heterocycles. The molecule has 1 aliphatic carbocycles. The van der Waals surface area contributed by atoms with Gasteiger partial charge in [-0.15, -0.1) is 0 Å². The zero-order chi connectivity index (χ0) is 22.5. The van der Waals surface area contributed by atoms with Crippen LogP contribution in [-0.4, -0.2) is 40.2 Å². The van der Waals surface area contributed by atoms with E-state index in [1.54, 1.807) is 0 Å². The van der Waals surface area contributed by atoms with Gasteiger partial charge in [-0.1, -0.05) is 66.7 Å². The van der Waals surface area contributed by atoms with E-state index < -0.39 is 18.0 Å². The molecular weight excluding hydrogens is 416 g/mol. The van der Waals surface area contributed by atoms with Crippen LogP contribution in [0.3, 0.4) is 0 Å². The van der Waals surface area contributed by atoms with Crippen molar-refractivity contribution in [3.05, 3.63) is 95.2 Å². The molecule has 3 aromatic carbocycles. The fourth-order valence-corrected chi connectivity index (χ4v) is 5.34. The van der Waals surface area contributed by atoms with Crippen molar-refractivity contribution in [2.24, 2.45) is 0 Å². The summed E-state index contributed by atoms with van der Waals surface area (Å²) in [6.45, 7) is 0.589. The van der Waals surface area contributed by atoms with Crippen LogP contribution < -0.4 is 0 Å². The molecule has 0 radical (unpaired) electrons. The molecule has 1 aromatic heterocycles. The van der Waals surface area contributed by atoms with Crippen molar-refractivity contribution in [3.8, 4) is 11.1 Å². The number of benzene rings is 3. The summed E-state index contributed by atoms with van der Waals surface area (Å²) in [5.74, 6) is -1.78. The number of ether oxygens (including phenoxy) is 1. The first-order valence-corrected chi connectivity index (χ1v) is 11.0. The Bertz CT molecular complexity index is 1360. The van der Waals surface area contributed by atoms with Crippen molar-refractivity contribution in [2.45, 2.75) is 18.4 Å². The SMILES string of the molecule is O=C(O)[C@@H]1CN(C(=O)OCC2c3ccccc3-c3ccccc32)Cc2[nH]c3ccccc3c21. The standard InChI is InChI=1S/C27H22N2O4/c30-26(31)21-13-29(14-24-25(21)20-11-5-6-12-23(20)28-24)27(32)33-15-22-18-9-3-1-7-16(18)17-8-2-4-10-19(17)22/h1-12,21-22,28H,13-15H2,(H,30,31)/t21-/m1/s1. The number of amides is 1. The minimum absolute atomic E-state index is 0.0370. The number of aromatic amines is 1. The van der Waals surface area contributed by atoms with E-state index in [0.717, 1.165) is 33.3 Å². The van der Waals surface area contributed by atoms with E-state index in [-0.39, 0.29) is 19.1 Å². The van der Waals surface area contributed by atoms with Gasteiger partial charge in [-0.2, -0.15) is 0 Å². The molecule has 2 N–H and O–H groups in total. The van der Waals surface area contributed by atoms with Gasteiger partial charge in [-0.05, 0) is 33.9 Å². The monoisotopic (exact) mass is 438 g/mol. The van der Waals surface area contributed by atoms with Crippen LogP contribution in [0.1, 0.15) is 34.2 Å². The molecule has 4 aromatic rings. The van der Waals surface area contributed by atoms with E-state index in [9.17, 15) is 14.7 Å². The van der Waals surface area contributed by atoms with Gasteiger partial charge in [0.1, 0.15) is 12.5 Å². The van der Waals surface area contributed by atoms with Crippen molar-refractivity contribution in [2.75, 3.05) is 13.2 Å². The Kier molecular flexibility index (Phi) is 4.47. The third kappa shape index (κ3) is 3.09. The average Bonchev–Trinajstić information content (AvgIpc) is 3.37. The van der Waals surface area contributed by atoms with Crippen LogP contribution in [0.5, 0.6) is 0 Å². The highest BCUT2D eigenvalue weighted by Gasteiger charge is 2.37. The molecule has 0 spiro atoms. The maximum atomic E-state index is 13.1. The summed E-state index contributed by atoms with van der Waals surface area (Å²) < 4.78 is 5.78. The van der Waals surface area contributed by atoms with E-state index in [2.05, 4.69) is 29.2 Å². The van der Waals surface area contributed by atoms with Crippen LogP contribution in [0.15, 0.2) is 72.8 Å². The first kappa shape index (κ1) is 19.6. The first-order valence-electron chi connectivity index (χ1n) is 11.0. The molecule has 1 aliphatic heterocycles. The van der Waals surface area contributed by atoms with E-state index in [1.165, 1.54) is 16.0 Å². The van der Waals surface area contributed by atoms with Gasteiger partial charge in [0.15, 0.2) is 0 Å². The van der Waals surface area contributed by atoms with Crippen LogP contribution in [-0.2, 0) is 16.1 Å². The van der Waals surface area contributed by atoms with Gasteiger partial charge in [0.05, 0.1) is 6.54 Å². The summed E-state index contributed by atoms with van der Waals surface area (Å²) in [6.07, 6.45) is -0.493. The lowest BCUT2D eigenvalue weighted by atomic mass is 9.92. The molecule has 2 aliphatic rings. The van der Waals surface area contributed by atoms with E-state index >= 15 is 0 Å². The molecule has 1 amide bonds. The number of para-hydroxylation sites is 1. The molecular formula is C27H22N2O4. The van der Waals surface area contributed by atoms with Crippen molar-refractivity contribution in [1.29, 1.82) is 0 Å². The number of nitrogens with zero attached hydrogens (tertiary/aromatic N) is 1. The normalized spacial score (nSPS) is 16.8. The minimum atomic E-state index is -0.947. The predicted molar refractivity (Wildman–Crippen MR) is 124 cm³/mol. The third-order valence-electron chi connectivity index (χ3n) is 6.82. The zero-order valence-electron chi connectivity index (χ0n) is 17.8.